The van der Waals surface area contributed by atoms with Crippen LogP contribution in [0.25, 0.3) is 0 Å². The molecular weight excluding hydrogens is 265 g/mol. The van der Waals surface area contributed by atoms with Crippen LogP contribution < -0.4 is 5.32 Å². The molecule has 3 heteroatoms. The molecule has 1 fully saturated rings. The largest absolute Gasteiger partial charge is 0.375 e. The lowest BCUT2D eigenvalue weighted by Crippen LogP contribution is -2.47. The molecule has 1 aromatic rings. The van der Waals surface area contributed by atoms with Crippen molar-refractivity contribution in [3.05, 3.63) is 35.6 Å². The maximum atomic E-state index is 13.1. The van der Waals surface area contributed by atoms with Crippen LogP contribution in [0.2, 0.25) is 0 Å². The monoisotopic (exact) mass is 293 g/mol. The van der Waals surface area contributed by atoms with E-state index in [9.17, 15) is 4.39 Å². The number of benzene rings is 1. The Morgan fingerprint density at radius 1 is 1.24 bits per heavy atom. The van der Waals surface area contributed by atoms with E-state index in [-0.39, 0.29) is 11.4 Å². The highest BCUT2D eigenvalue weighted by atomic mass is 19.1. The summed E-state index contributed by atoms with van der Waals surface area (Å²) >= 11 is 0. The Balaban J connectivity index is 2.03. The van der Waals surface area contributed by atoms with E-state index in [0.717, 1.165) is 38.7 Å². The fourth-order valence-corrected chi connectivity index (χ4v) is 3.34. The number of halogens is 1. The summed E-state index contributed by atoms with van der Waals surface area (Å²) in [4.78, 5) is 0. The second-order valence-corrected chi connectivity index (χ2v) is 6.11. The number of hydrogen-bond donors (Lipinski definition) is 1. The molecule has 2 rings (SSSR count). The van der Waals surface area contributed by atoms with Gasteiger partial charge < -0.3 is 10.1 Å². The molecule has 1 aliphatic heterocycles. The molecule has 0 spiro atoms. The molecule has 118 valence electrons. The second-order valence-electron chi connectivity index (χ2n) is 6.11. The first kappa shape index (κ1) is 16.4. The Morgan fingerprint density at radius 2 is 1.90 bits per heavy atom. The van der Waals surface area contributed by atoms with Crippen molar-refractivity contribution in [1.29, 1.82) is 0 Å². The Labute approximate surface area is 128 Å². The number of rotatable bonds is 6. The van der Waals surface area contributed by atoms with Crippen molar-refractivity contribution in [1.82, 2.24) is 5.32 Å². The lowest BCUT2D eigenvalue weighted by atomic mass is 9.85. The molecule has 1 saturated heterocycles. The lowest BCUT2D eigenvalue weighted by Gasteiger charge is -2.41. The van der Waals surface area contributed by atoms with Gasteiger partial charge in [-0.3, -0.25) is 0 Å². The van der Waals surface area contributed by atoms with Crippen molar-refractivity contribution in [2.45, 2.75) is 70.6 Å². The molecule has 2 atom stereocenters. The number of ether oxygens (including phenoxy) is 1. The van der Waals surface area contributed by atoms with Gasteiger partial charge >= 0.3 is 0 Å². The van der Waals surface area contributed by atoms with Gasteiger partial charge in [0.1, 0.15) is 5.82 Å². The molecule has 0 saturated carbocycles. The molecule has 1 aliphatic rings. The molecule has 0 aromatic heterocycles. The maximum absolute atomic E-state index is 13.1. The first-order chi connectivity index (χ1) is 10.1. The van der Waals surface area contributed by atoms with E-state index in [1.54, 1.807) is 12.1 Å². The summed E-state index contributed by atoms with van der Waals surface area (Å²) < 4.78 is 19.1. The Kier molecular flexibility index (Phi) is 5.77. The molecular formula is C18H28FNO. The fourth-order valence-electron chi connectivity index (χ4n) is 3.34. The molecule has 21 heavy (non-hydrogen) atoms. The van der Waals surface area contributed by atoms with Gasteiger partial charge in [-0.15, -0.1) is 0 Å². The highest BCUT2D eigenvalue weighted by molar-refractivity contribution is 5.20. The van der Waals surface area contributed by atoms with Gasteiger partial charge in [0.05, 0.1) is 5.60 Å². The average Bonchev–Trinajstić information content (AvgIpc) is 2.53. The third-order valence-corrected chi connectivity index (χ3v) is 4.90. The second kappa shape index (κ2) is 7.37. The van der Waals surface area contributed by atoms with Crippen LogP contribution in [0.15, 0.2) is 24.3 Å². The van der Waals surface area contributed by atoms with Gasteiger partial charge in [-0.05, 0) is 49.8 Å². The van der Waals surface area contributed by atoms with E-state index in [0.29, 0.717) is 12.1 Å². The average molecular weight is 293 g/mol. The summed E-state index contributed by atoms with van der Waals surface area (Å²) in [7, 11) is 0. The van der Waals surface area contributed by atoms with Crippen LogP contribution in [0, 0.1) is 5.82 Å². The molecule has 1 heterocycles. The van der Waals surface area contributed by atoms with Gasteiger partial charge in [-0.25, -0.2) is 4.39 Å². The normalized spacial score (nSPS) is 23.0. The third kappa shape index (κ3) is 4.04. The minimum Gasteiger partial charge on any atom is -0.375 e. The van der Waals surface area contributed by atoms with Crippen LogP contribution in [0.3, 0.4) is 0 Å². The van der Waals surface area contributed by atoms with E-state index in [2.05, 4.69) is 26.1 Å². The predicted molar refractivity (Wildman–Crippen MR) is 84.9 cm³/mol. The zero-order valence-corrected chi connectivity index (χ0v) is 13.5. The van der Waals surface area contributed by atoms with Crippen molar-refractivity contribution >= 4 is 0 Å². The Morgan fingerprint density at radius 3 is 2.48 bits per heavy atom. The smallest absolute Gasteiger partial charge is 0.123 e. The standard InChI is InChI=1S/C18H28FNO/c1-4-17(14-7-9-15(19)10-8-14)20-16-11-12-21-18(5-2,6-3)13-16/h7-10,16-17,20H,4-6,11-13H2,1-3H3. The van der Waals surface area contributed by atoms with E-state index >= 15 is 0 Å². The van der Waals surface area contributed by atoms with Crippen molar-refractivity contribution in [2.75, 3.05) is 6.61 Å². The summed E-state index contributed by atoms with van der Waals surface area (Å²) in [6.45, 7) is 7.43. The summed E-state index contributed by atoms with van der Waals surface area (Å²) in [5.74, 6) is -0.171. The molecule has 0 amide bonds. The van der Waals surface area contributed by atoms with E-state index in [1.807, 2.05) is 12.1 Å². The van der Waals surface area contributed by atoms with Gasteiger partial charge in [0.25, 0.3) is 0 Å². The number of nitrogens with one attached hydrogen (secondary N) is 1. The quantitative estimate of drug-likeness (QED) is 0.827. The molecule has 2 nitrogen and oxygen atoms in total. The highest BCUT2D eigenvalue weighted by Crippen LogP contribution is 2.32. The Hall–Kier alpha value is -0.930. The fraction of sp³-hybridized carbons (Fsp3) is 0.667. The summed E-state index contributed by atoms with van der Waals surface area (Å²) in [5.41, 5.74) is 1.21. The van der Waals surface area contributed by atoms with E-state index < -0.39 is 0 Å². The van der Waals surface area contributed by atoms with E-state index in [4.69, 9.17) is 4.74 Å². The molecule has 1 aromatic carbocycles. The van der Waals surface area contributed by atoms with Gasteiger partial charge in [0, 0.05) is 18.7 Å². The van der Waals surface area contributed by atoms with Crippen LogP contribution in [0.1, 0.15) is 64.5 Å². The maximum Gasteiger partial charge on any atom is 0.123 e. The van der Waals surface area contributed by atoms with Gasteiger partial charge in [0.15, 0.2) is 0 Å². The van der Waals surface area contributed by atoms with Gasteiger partial charge in [0.2, 0.25) is 0 Å². The summed E-state index contributed by atoms with van der Waals surface area (Å²) in [6, 6.07) is 7.65. The topological polar surface area (TPSA) is 21.3 Å². The highest BCUT2D eigenvalue weighted by Gasteiger charge is 2.35. The van der Waals surface area contributed by atoms with Crippen LogP contribution in [0.4, 0.5) is 4.39 Å². The summed E-state index contributed by atoms with van der Waals surface area (Å²) in [5, 5.41) is 3.76. The van der Waals surface area contributed by atoms with Gasteiger partial charge in [-0.1, -0.05) is 32.9 Å². The third-order valence-electron chi connectivity index (χ3n) is 4.90. The summed E-state index contributed by atoms with van der Waals surface area (Å²) in [6.07, 6.45) is 5.26. The molecule has 0 bridgehead atoms. The minimum absolute atomic E-state index is 0.0387. The zero-order chi connectivity index (χ0) is 15.3. The molecule has 2 unspecified atom stereocenters. The molecule has 1 N–H and O–H groups in total. The zero-order valence-electron chi connectivity index (χ0n) is 13.5. The van der Waals surface area contributed by atoms with Crippen LogP contribution in [0.5, 0.6) is 0 Å². The van der Waals surface area contributed by atoms with Crippen molar-refractivity contribution < 1.29 is 9.13 Å². The van der Waals surface area contributed by atoms with Crippen LogP contribution >= 0.6 is 0 Å². The van der Waals surface area contributed by atoms with Crippen molar-refractivity contribution in [2.24, 2.45) is 0 Å². The van der Waals surface area contributed by atoms with Crippen LogP contribution in [-0.2, 0) is 4.74 Å². The molecule has 0 aliphatic carbocycles. The van der Waals surface area contributed by atoms with Gasteiger partial charge in [-0.2, -0.15) is 0 Å². The number of hydrogen-bond acceptors (Lipinski definition) is 2. The first-order valence-electron chi connectivity index (χ1n) is 8.28. The predicted octanol–water partition coefficient (Wildman–Crippen LogP) is 4.60. The van der Waals surface area contributed by atoms with Crippen molar-refractivity contribution in [3.8, 4) is 0 Å². The first-order valence-corrected chi connectivity index (χ1v) is 8.28. The van der Waals surface area contributed by atoms with Crippen LogP contribution in [-0.4, -0.2) is 18.2 Å². The molecule has 0 radical (unpaired) electrons. The SMILES string of the molecule is CCC(NC1CCOC(CC)(CC)C1)c1ccc(F)cc1. The Bertz CT molecular complexity index is 427. The van der Waals surface area contributed by atoms with Crippen molar-refractivity contribution in [3.63, 3.8) is 0 Å². The van der Waals surface area contributed by atoms with E-state index in [1.165, 1.54) is 5.56 Å². The minimum atomic E-state index is -0.171. The lowest BCUT2D eigenvalue weighted by molar-refractivity contribution is -0.0942.